The fraction of sp³-hybridized carbons (Fsp3) is 0.267. The average molecular weight is 336 g/mol. The molecule has 0 unspecified atom stereocenters. The van der Waals surface area contributed by atoms with Crippen molar-refractivity contribution < 1.29 is 13.2 Å². The predicted octanol–water partition coefficient (Wildman–Crippen LogP) is 3.52. The van der Waals surface area contributed by atoms with Crippen molar-refractivity contribution >= 4 is 23.1 Å². The second kappa shape index (κ2) is 7.04. The number of alkyl halides is 3. The Morgan fingerprint density at radius 2 is 1.96 bits per heavy atom. The molecule has 1 heterocycles. The minimum atomic E-state index is -4.53. The molecule has 0 atom stereocenters. The lowest BCUT2D eigenvalue weighted by Gasteiger charge is -2.15. The molecule has 0 saturated carbocycles. The van der Waals surface area contributed by atoms with Crippen molar-refractivity contribution in [3.8, 4) is 6.07 Å². The number of hydrogen-bond acceptors (Lipinski definition) is 6. The van der Waals surface area contributed by atoms with Crippen molar-refractivity contribution in [2.45, 2.75) is 13.1 Å². The summed E-state index contributed by atoms with van der Waals surface area (Å²) in [7, 11) is 1.36. The highest BCUT2D eigenvalue weighted by atomic mass is 19.4. The van der Waals surface area contributed by atoms with Gasteiger partial charge in [-0.3, -0.25) is 0 Å². The van der Waals surface area contributed by atoms with Gasteiger partial charge in [0.05, 0.1) is 6.07 Å². The maximum absolute atomic E-state index is 12.9. The van der Waals surface area contributed by atoms with Crippen molar-refractivity contribution in [2.75, 3.05) is 29.5 Å². The van der Waals surface area contributed by atoms with Crippen molar-refractivity contribution in [2.24, 2.45) is 0 Å². The number of nitriles is 1. The van der Waals surface area contributed by atoms with Gasteiger partial charge in [-0.2, -0.15) is 23.4 Å². The monoisotopic (exact) mass is 336 g/mol. The quantitative estimate of drug-likeness (QED) is 0.724. The lowest BCUT2D eigenvalue weighted by Crippen LogP contribution is -2.12. The Balaban J connectivity index is 2.31. The van der Waals surface area contributed by atoms with E-state index >= 15 is 0 Å². The van der Waals surface area contributed by atoms with Crippen LogP contribution in [0.5, 0.6) is 0 Å². The summed E-state index contributed by atoms with van der Waals surface area (Å²) in [4.78, 5) is 7.59. The Labute approximate surface area is 136 Å². The van der Waals surface area contributed by atoms with Crippen LogP contribution >= 0.6 is 0 Å². The predicted molar refractivity (Wildman–Crippen MR) is 85.1 cm³/mol. The van der Waals surface area contributed by atoms with Crippen molar-refractivity contribution in [3.05, 3.63) is 35.5 Å². The molecule has 0 aliphatic rings. The Kier molecular flexibility index (Phi) is 5.08. The lowest BCUT2D eigenvalue weighted by molar-refractivity contribution is -0.137. The van der Waals surface area contributed by atoms with Gasteiger partial charge in [0.2, 0.25) is 5.95 Å². The first-order valence-corrected chi connectivity index (χ1v) is 6.96. The fourth-order valence-electron chi connectivity index (χ4n) is 2.06. The minimum absolute atomic E-state index is 0.0351. The molecule has 2 rings (SSSR count). The van der Waals surface area contributed by atoms with Crippen LogP contribution in [0.2, 0.25) is 0 Å². The van der Waals surface area contributed by atoms with Gasteiger partial charge in [0, 0.05) is 24.6 Å². The van der Waals surface area contributed by atoms with Crippen LogP contribution in [0, 0.1) is 18.3 Å². The number of nitrogens with zero attached hydrogens (tertiary/aromatic N) is 3. The second-order valence-electron chi connectivity index (χ2n) is 4.82. The van der Waals surface area contributed by atoms with Crippen LogP contribution in [0.25, 0.3) is 0 Å². The normalized spacial score (nSPS) is 10.8. The summed E-state index contributed by atoms with van der Waals surface area (Å²) in [5.41, 5.74) is 1.22. The average Bonchev–Trinajstić information content (AvgIpc) is 2.54. The topological polar surface area (TPSA) is 85.7 Å². The van der Waals surface area contributed by atoms with Crippen molar-refractivity contribution in [3.63, 3.8) is 0 Å². The highest BCUT2D eigenvalue weighted by Crippen LogP contribution is 2.34. The fourth-order valence-corrected chi connectivity index (χ4v) is 2.06. The third kappa shape index (κ3) is 3.84. The van der Waals surface area contributed by atoms with E-state index in [1.807, 2.05) is 13.0 Å². The largest absolute Gasteiger partial charge is 0.421 e. The molecule has 3 N–H and O–H groups in total. The van der Waals surface area contributed by atoms with E-state index < -0.39 is 11.7 Å². The number of hydrogen-bond donors (Lipinski definition) is 3. The summed E-state index contributed by atoms with van der Waals surface area (Å²) in [6.45, 7) is 1.95. The Morgan fingerprint density at radius 1 is 1.25 bits per heavy atom. The molecule has 0 amide bonds. The van der Waals surface area contributed by atoms with E-state index in [1.54, 1.807) is 18.2 Å². The smallest absolute Gasteiger partial charge is 0.372 e. The van der Waals surface area contributed by atoms with E-state index in [9.17, 15) is 13.2 Å². The third-order valence-corrected chi connectivity index (χ3v) is 3.27. The molecular weight excluding hydrogens is 321 g/mol. The first-order chi connectivity index (χ1) is 11.4. The molecule has 2 aromatic rings. The first kappa shape index (κ1) is 17.3. The summed E-state index contributed by atoms with van der Waals surface area (Å²) >= 11 is 0. The van der Waals surface area contributed by atoms with Crippen LogP contribution in [-0.2, 0) is 6.18 Å². The molecule has 9 heteroatoms. The van der Waals surface area contributed by atoms with Gasteiger partial charge in [0.25, 0.3) is 0 Å². The maximum Gasteiger partial charge on any atom is 0.421 e. The summed E-state index contributed by atoms with van der Waals surface area (Å²) < 4.78 is 38.6. The van der Waals surface area contributed by atoms with Gasteiger partial charge < -0.3 is 16.0 Å². The van der Waals surface area contributed by atoms with Gasteiger partial charge in [0.15, 0.2) is 0 Å². The van der Waals surface area contributed by atoms with Crippen molar-refractivity contribution in [1.82, 2.24) is 9.97 Å². The molecule has 0 fully saturated rings. The van der Waals surface area contributed by atoms with Crippen LogP contribution < -0.4 is 16.0 Å². The second-order valence-corrected chi connectivity index (χ2v) is 4.82. The number of aromatic nitrogens is 2. The molecule has 6 nitrogen and oxygen atoms in total. The number of benzene rings is 1. The van der Waals surface area contributed by atoms with Gasteiger partial charge in [-0.1, -0.05) is 6.07 Å². The molecule has 0 saturated heterocycles. The van der Waals surface area contributed by atoms with E-state index in [1.165, 1.54) is 7.05 Å². The van der Waals surface area contributed by atoms with E-state index in [2.05, 4.69) is 25.9 Å². The van der Waals surface area contributed by atoms with E-state index in [0.29, 0.717) is 5.69 Å². The highest BCUT2D eigenvalue weighted by Gasteiger charge is 2.35. The van der Waals surface area contributed by atoms with Gasteiger partial charge in [0.1, 0.15) is 17.9 Å². The van der Waals surface area contributed by atoms with E-state index in [4.69, 9.17) is 5.26 Å². The zero-order valence-corrected chi connectivity index (χ0v) is 13.0. The Morgan fingerprint density at radius 3 is 2.58 bits per heavy atom. The highest BCUT2D eigenvalue weighted by molar-refractivity contribution is 5.69. The maximum atomic E-state index is 12.9. The van der Waals surface area contributed by atoms with Crippen LogP contribution in [0.15, 0.2) is 24.4 Å². The summed E-state index contributed by atoms with van der Waals surface area (Å²) in [6, 6.07) is 7.26. The van der Waals surface area contributed by atoms with Crippen LogP contribution in [-0.4, -0.2) is 23.6 Å². The molecule has 0 bridgehead atoms. The Hall–Kier alpha value is -3.02. The van der Waals surface area contributed by atoms with Gasteiger partial charge in [-0.15, -0.1) is 0 Å². The van der Waals surface area contributed by atoms with Crippen molar-refractivity contribution in [1.29, 1.82) is 5.26 Å². The van der Waals surface area contributed by atoms with E-state index in [0.717, 1.165) is 17.4 Å². The Bertz CT molecular complexity index is 767. The lowest BCUT2D eigenvalue weighted by atomic mass is 10.1. The van der Waals surface area contributed by atoms with Crippen LogP contribution in [0.4, 0.5) is 36.3 Å². The number of halogens is 3. The number of nitrogens with one attached hydrogen (secondary N) is 3. The molecule has 0 radical (unpaired) electrons. The standard InChI is InChI=1S/C15H15F3N6/c1-9-11(21-7-6-19)4-3-5-12(9)23-14-22-8-10(15(16,17)18)13(20-2)24-14/h3-5,8,21H,7H2,1-2H3,(H2,20,22,23,24). The molecule has 126 valence electrons. The van der Waals surface area contributed by atoms with Gasteiger partial charge >= 0.3 is 6.18 Å². The summed E-state index contributed by atoms with van der Waals surface area (Å²) in [6.07, 6.45) is -3.80. The molecule has 0 aliphatic heterocycles. The van der Waals surface area contributed by atoms with Crippen LogP contribution in [0.1, 0.15) is 11.1 Å². The molecule has 1 aromatic carbocycles. The van der Waals surface area contributed by atoms with Gasteiger partial charge in [-0.25, -0.2) is 4.98 Å². The molecule has 0 aliphatic carbocycles. The molecule has 0 spiro atoms. The zero-order chi connectivity index (χ0) is 17.7. The van der Waals surface area contributed by atoms with E-state index in [-0.39, 0.29) is 18.3 Å². The summed E-state index contributed by atoms with van der Waals surface area (Å²) in [5, 5.41) is 16.9. The number of rotatable bonds is 5. The van der Waals surface area contributed by atoms with Crippen LogP contribution in [0.3, 0.4) is 0 Å². The molecule has 24 heavy (non-hydrogen) atoms. The number of anilines is 4. The zero-order valence-electron chi connectivity index (χ0n) is 13.0. The third-order valence-electron chi connectivity index (χ3n) is 3.27. The molecular formula is C15H15F3N6. The molecule has 1 aromatic heterocycles. The SMILES string of the molecule is CNc1nc(Nc2cccc(NCC#N)c2C)ncc1C(F)(F)F. The van der Waals surface area contributed by atoms with Gasteiger partial charge in [-0.05, 0) is 24.6 Å². The first-order valence-electron chi connectivity index (χ1n) is 6.96. The minimum Gasteiger partial charge on any atom is -0.372 e. The summed E-state index contributed by atoms with van der Waals surface area (Å²) in [5.74, 6) is -0.274.